The number of halogens is 1. The fraction of sp³-hybridized carbons (Fsp3) is 0.500. The molecule has 3 aromatic rings. The Labute approximate surface area is 156 Å². The molecule has 0 unspecified atom stereocenters. The highest BCUT2D eigenvalue weighted by Gasteiger charge is 2.24. The standard InChI is InChI=1S/C18H24BrN5O/c1-7-12(8-2)13-9-10(3)22-24-15(11(4)20-17(13)24)14-16(19)25-18(21-14)23(5)6/h9,12H,7-8H2,1-6H3. The van der Waals surface area contributed by atoms with Crippen LogP contribution in [-0.2, 0) is 0 Å². The van der Waals surface area contributed by atoms with E-state index in [1.807, 2.05) is 37.4 Å². The maximum absolute atomic E-state index is 5.72. The van der Waals surface area contributed by atoms with Crippen molar-refractivity contribution in [2.24, 2.45) is 0 Å². The Morgan fingerprint density at radius 1 is 1.20 bits per heavy atom. The van der Waals surface area contributed by atoms with Gasteiger partial charge in [-0.2, -0.15) is 10.1 Å². The zero-order valence-electron chi connectivity index (χ0n) is 15.6. The van der Waals surface area contributed by atoms with Crippen LogP contribution in [0.5, 0.6) is 0 Å². The van der Waals surface area contributed by atoms with Crippen molar-refractivity contribution >= 4 is 27.6 Å². The average Bonchev–Trinajstić information content (AvgIpc) is 3.08. The molecular weight excluding hydrogens is 382 g/mol. The van der Waals surface area contributed by atoms with E-state index >= 15 is 0 Å². The first-order valence-corrected chi connectivity index (χ1v) is 9.37. The lowest BCUT2D eigenvalue weighted by atomic mass is 9.95. The quantitative estimate of drug-likeness (QED) is 0.613. The first-order chi connectivity index (χ1) is 11.9. The summed E-state index contributed by atoms with van der Waals surface area (Å²) in [6.07, 6.45) is 2.16. The molecule has 0 aliphatic heterocycles. The minimum atomic E-state index is 0.469. The summed E-state index contributed by atoms with van der Waals surface area (Å²) in [6, 6.07) is 2.70. The van der Waals surface area contributed by atoms with Crippen molar-refractivity contribution in [3.05, 3.63) is 27.7 Å². The zero-order valence-corrected chi connectivity index (χ0v) is 17.2. The van der Waals surface area contributed by atoms with Crippen LogP contribution in [0.2, 0.25) is 0 Å². The fourth-order valence-corrected chi connectivity index (χ4v) is 3.63. The maximum atomic E-state index is 5.72. The van der Waals surface area contributed by atoms with E-state index in [4.69, 9.17) is 14.5 Å². The van der Waals surface area contributed by atoms with Gasteiger partial charge in [-0.3, -0.25) is 0 Å². The van der Waals surface area contributed by atoms with Gasteiger partial charge >= 0.3 is 0 Å². The number of nitrogens with zero attached hydrogens (tertiary/aromatic N) is 5. The number of aryl methyl sites for hydroxylation is 2. The second-order valence-corrected chi connectivity index (χ2v) is 7.27. The second kappa shape index (κ2) is 6.78. The molecule has 0 fully saturated rings. The Kier molecular flexibility index (Phi) is 4.86. The highest BCUT2D eigenvalue weighted by Crippen LogP contribution is 2.35. The van der Waals surface area contributed by atoms with Gasteiger partial charge < -0.3 is 9.32 Å². The molecule has 0 amide bonds. The van der Waals surface area contributed by atoms with Crippen LogP contribution < -0.4 is 4.90 Å². The van der Waals surface area contributed by atoms with Crippen LogP contribution in [0.15, 0.2) is 15.2 Å². The monoisotopic (exact) mass is 405 g/mol. The predicted molar refractivity (Wildman–Crippen MR) is 103 cm³/mol. The lowest BCUT2D eigenvalue weighted by Gasteiger charge is -2.14. The molecule has 0 N–H and O–H groups in total. The van der Waals surface area contributed by atoms with E-state index < -0.39 is 0 Å². The minimum absolute atomic E-state index is 0.469. The van der Waals surface area contributed by atoms with E-state index in [1.165, 1.54) is 5.56 Å². The number of hydrogen-bond acceptors (Lipinski definition) is 5. The third-order valence-corrected chi connectivity index (χ3v) is 5.05. The van der Waals surface area contributed by atoms with Gasteiger partial charge in [-0.25, -0.2) is 9.50 Å². The van der Waals surface area contributed by atoms with Crippen LogP contribution in [0, 0.1) is 13.8 Å². The molecule has 0 aliphatic rings. The maximum Gasteiger partial charge on any atom is 0.298 e. The Bertz CT molecular complexity index is 908. The Balaban J connectivity index is 2.29. The van der Waals surface area contributed by atoms with Crippen LogP contribution in [0.1, 0.15) is 49.6 Å². The molecule has 0 atom stereocenters. The van der Waals surface area contributed by atoms with Crippen LogP contribution in [0.4, 0.5) is 6.01 Å². The largest absolute Gasteiger partial charge is 0.416 e. The Morgan fingerprint density at radius 3 is 2.44 bits per heavy atom. The van der Waals surface area contributed by atoms with Gasteiger partial charge in [-0.1, -0.05) is 13.8 Å². The van der Waals surface area contributed by atoms with Gasteiger partial charge in [0.2, 0.25) is 4.67 Å². The first kappa shape index (κ1) is 17.9. The zero-order chi connectivity index (χ0) is 18.3. The lowest BCUT2D eigenvalue weighted by molar-refractivity contribution is 0.533. The molecule has 0 aliphatic carbocycles. The number of rotatable bonds is 5. The van der Waals surface area contributed by atoms with E-state index in [0.29, 0.717) is 16.6 Å². The molecule has 134 valence electrons. The average molecular weight is 406 g/mol. The molecule has 3 aromatic heterocycles. The van der Waals surface area contributed by atoms with Crippen molar-refractivity contribution in [3.63, 3.8) is 0 Å². The molecule has 0 bridgehead atoms. The van der Waals surface area contributed by atoms with Crippen molar-refractivity contribution in [2.45, 2.75) is 46.5 Å². The van der Waals surface area contributed by atoms with Crippen LogP contribution >= 0.6 is 15.9 Å². The second-order valence-electron chi connectivity index (χ2n) is 6.55. The summed E-state index contributed by atoms with van der Waals surface area (Å²) in [7, 11) is 3.80. The van der Waals surface area contributed by atoms with E-state index in [9.17, 15) is 0 Å². The van der Waals surface area contributed by atoms with Gasteiger partial charge in [0.15, 0.2) is 5.65 Å². The van der Waals surface area contributed by atoms with Crippen molar-refractivity contribution in [2.75, 3.05) is 19.0 Å². The topological polar surface area (TPSA) is 59.5 Å². The molecular formula is C18H24BrN5O. The minimum Gasteiger partial charge on any atom is -0.416 e. The summed E-state index contributed by atoms with van der Waals surface area (Å²) in [4.78, 5) is 11.3. The van der Waals surface area contributed by atoms with E-state index in [0.717, 1.165) is 41.3 Å². The van der Waals surface area contributed by atoms with Gasteiger partial charge in [0, 0.05) is 19.7 Å². The molecule has 6 nitrogen and oxygen atoms in total. The fourth-order valence-electron chi connectivity index (χ4n) is 3.21. The SMILES string of the molecule is CCC(CC)c1cc(C)nn2c(-c3nc(N(C)C)oc3Br)c(C)nc12. The van der Waals surface area contributed by atoms with Gasteiger partial charge in [0.25, 0.3) is 6.01 Å². The van der Waals surface area contributed by atoms with Gasteiger partial charge in [0.1, 0.15) is 11.4 Å². The van der Waals surface area contributed by atoms with E-state index in [-0.39, 0.29) is 0 Å². The smallest absolute Gasteiger partial charge is 0.298 e. The van der Waals surface area contributed by atoms with E-state index in [1.54, 1.807) is 0 Å². The number of fused-ring (bicyclic) bond motifs is 1. The highest BCUT2D eigenvalue weighted by molar-refractivity contribution is 9.10. The third kappa shape index (κ3) is 3.05. The first-order valence-electron chi connectivity index (χ1n) is 8.58. The molecule has 25 heavy (non-hydrogen) atoms. The van der Waals surface area contributed by atoms with Crippen molar-refractivity contribution in [3.8, 4) is 11.4 Å². The molecule has 3 heterocycles. The summed E-state index contributed by atoms with van der Waals surface area (Å²) in [5.41, 5.74) is 5.62. The Morgan fingerprint density at radius 2 is 1.88 bits per heavy atom. The summed E-state index contributed by atoms with van der Waals surface area (Å²) in [5, 5.41) is 4.72. The number of imidazole rings is 1. The van der Waals surface area contributed by atoms with Gasteiger partial charge in [0.05, 0.1) is 11.4 Å². The Hall–Kier alpha value is -1.89. The molecule has 0 saturated carbocycles. The van der Waals surface area contributed by atoms with Crippen LogP contribution in [0.3, 0.4) is 0 Å². The number of oxazole rings is 1. The van der Waals surface area contributed by atoms with E-state index in [2.05, 4.69) is 40.8 Å². The number of hydrogen-bond donors (Lipinski definition) is 0. The highest BCUT2D eigenvalue weighted by atomic mass is 79.9. The molecule has 0 spiro atoms. The van der Waals surface area contributed by atoms with Crippen molar-refractivity contribution in [1.82, 2.24) is 19.6 Å². The summed E-state index contributed by atoms with van der Waals surface area (Å²) in [5.74, 6) is 0.469. The summed E-state index contributed by atoms with van der Waals surface area (Å²) < 4.78 is 8.22. The third-order valence-electron chi connectivity index (χ3n) is 4.52. The number of anilines is 1. The van der Waals surface area contributed by atoms with Crippen LogP contribution in [-0.4, -0.2) is 33.7 Å². The van der Waals surface area contributed by atoms with Crippen LogP contribution in [0.25, 0.3) is 17.0 Å². The van der Waals surface area contributed by atoms with Crippen molar-refractivity contribution in [1.29, 1.82) is 0 Å². The van der Waals surface area contributed by atoms with Crippen molar-refractivity contribution < 1.29 is 4.42 Å². The predicted octanol–water partition coefficient (Wildman–Crippen LogP) is 4.73. The van der Waals surface area contributed by atoms with Gasteiger partial charge in [-0.15, -0.1) is 0 Å². The molecule has 0 aromatic carbocycles. The molecule has 7 heteroatoms. The lowest BCUT2D eigenvalue weighted by Crippen LogP contribution is -2.08. The molecule has 0 saturated heterocycles. The van der Waals surface area contributed by atoms with Gasteiger partial charge in [-0.05, 0) is 54.6 Å². The number of aromatic nitrogens is 4. The summed E-state index contributed by atoms with van der Waals surface area (Å²) >= 11 is 3.50. The normalized spacial score (nSPS) is 11.7. The summed E-state index contributed by atoms with van der Waals surface area (Å²) in [6.45, 7) is 8.45. The molecule has 3 rings (SSSR count). The molecule has 0 radical (unpaired) electrons.